The van der Waals surface area contributed by atoms with E-state index >= 15 is 0 Å². The van der Waals surface area contributed by atoms with Crippen molar-refractivity contribution in [1.82, 2.24) is 0 Å². The molecule has 2 rings (SSSR count). The standard InChI is InChI=1S/C17H20ClNO2/c1-4-21-17-10-7-14(18)11-16(17)19-12(2)13-5-8-15(20-3)9-6-13/h5-12,19H,4H2,1-3H3. The summed E-state index contributed by atoms with van der Waals surface area (Å²) >= 11 is 6.07. The molecular weight excluding hydrogens is 286 g/mol. The number of halogens is 1. The van der Waals surface area contributed by atoms with Crippen LogP contribution in [0, 0.1) is 0 Å². The number of hydrogen-bond acceptors (Lipinski definition) is 3. The fraction of sp³-hybridized carbons (Fsp3) is 0.294. The van der Waals surface area contributed by atoms with Crippen LogP contribution in [0.3, 0.4) is 0 Å². The zero-order valence-electron chi connectivity index (χ0n) is 12.5. The smallest absolute Gasteiger partial charge is 0.142 e. The van der Waals surface area contributed by atoms with Crippen LogP contribution in [-0.2, 0) is 0 Å². The third kappa shape index (κ3) is 4.05. The third-order valence-electron chi connectivity index (χ3n) is 3.23. The molecule has 1 N–H and O–H groups in total. The van der Waals surface area contributed by atoms with E-state index in [4.69, 9.17) is 21.1 Å². The van der Waals surface area contributed by atoms with Gasteiger partial charge < -0.3 is 14.8 Å². The van der Waals surface area contributed by atoms with E-state index in [1.54, 1.807) is 7.11 Å². The summed E-state index contributed by atoms with van der Waals surface area (Å²) in [5.41, 5.74) is 2.06. The van der Waals surface area contributed by atoms with Crippen LogP contribution in [0.25, 0.3) is 0 Å². The molecule has 112 valence electrons. The van der Waals surface area contributed by atoms with Crippen LogP contribution < -0.4 is 14.8 Å². The number of ether oxygens (including phenoxy) is 2. The van der Waals surface area contributed by atoms with Gasteiger partial charge in [0.25, 0.3) is 0 Å². The van der Waals surface area contributed by atoms with Crippen molar-refractivity contribution in [1.29, 1.82) is 0 Å². The first kappa shape index (κ1) is 15.5. The SMILES string of the molecule is CCOc1ccc(Cl)cc1NC(C)c1ccc(OC)cc1. The largest absolute Gasteiger partial charge is 0.497 e. The number of methoxy groups -OCH3 is 1. The van der Waals surface area contributed by atoms with Crippen LogP contribution in [0.4, 0.5) is 5.69 Å². The quantitative estimate of drug-likeness (QED) is 0.821. The molecular formula is C17H20ClNO2. The second kappa shape index (κ2) is 7.23. The minimum absolute atomic E-state index is 0.133. The molecule has 3 nitrogen and oxygen atoms in total. The van der Waals surface area contributed by atoms with Crippen LogP contribution in [0.1, 0.15) is 25.5 Å². The molecule has 4 heteroatoms. The van der Waals surface area contributed by atoms with Gasteiger partial charge >= 0.3 is 0 Å². The summed E-state index contributed by atoms with van der Waals surface area (Å²) in [6.45, 7) is 4.68. The summed E-state index contributed by atoms with van der Waals surface area (Å²) in [6.07, 6.45) is 0. The van der Waals surface area contributed by atoms with E-state index in [9.17, 15) is 0 Å². The minimum Gasteiger partial charge on any atom is -0.497 e. The summed E-state index contributed by atoms with van der Waals surface area (Å²) in [7, 11) is 1.66. The van der Waals surface area contributed by atoms with E-state index in [1.807, 2.05) is 49.4 Å². The molecule has 1 unspecified atom stereocenters. The molecule has 0 amide bonds. The van der Waals surface area contributed by atoms with Gasteiger partial charge in [-0.05, 0) is 49.7 Å². The topological polar surface area (TPSA) is 30.5 Å². The summed E-state index contributed by atoms with van der Waals surface area (Å²) < 4.78 is 10.8. The van der Waals surface area contributed by atoms with Gasteiger partial charge in [0.05, 0.1) is 19.4 Å². The van der Waals surface area contributed by atoms with Crippen LogP contribution in [0.2, 0.25) is 5.02 Å². The average molecular weight is 306 g/mol. The number of rotatable bonds is 6. The molecule has 0 radical (unpaired) electrons. The molecule has 0 saturated heterocycles. The van der Waals surface area contributed by atoms with Crippen molar-refractivity contribution in [3.8, 4) is 11.5 Å². The molecule has 0 aromatic heterocycles. The van der Waals surface area contributed by atoms with Crippen molar-refractivity contribution in [3.63, 3.8) is 0 Å². The Balaban J connectivity index is 2.17. The van der Waals surface area contributed by atoms with Gasteiger partial charge in [0.15, 0.2) is 0 Å². The van der Waals surface area contributed by atoms with Gasteiger partial charge in [-0.15, -0.1) is 0 Å². The Morgan fingerprint density at radius 3 is 2.48 bits per heavy atom. The lowest BCUT2D eigenvalue weighted by Gasteiger charge is -2.19. The first-order valence-corrected chi connectivity index (χ1v) is 7.34. The summed E-state index contributed by atoms with van der Waals surface area (Å²) in [5, 5.41) is 4.12. The van der Waals surface area contributed by atoms with E-state index in [0.29, 0.717) is 11.6 Å². The fourth-order valence-corrected chi connectivity index (χ4v) is 2.28. The van der Waals surface area contributed by atoms with Crippen molar-refractivity contribution in [2.75, 3.05) is 19.0 Å². The number of nitrogens with one attached hydrogen (secondary N) is 1. The fourth-order valence-electron chi connectivity index (χ4n) is 2.11. The monoisotopic (exact) mass is 305 g/mol. The normalized spacial score (nSPS) is 11.8. The maximum absolute atomic E-state index is 6.07. The predicted octanol–water partition coefficient (Wildman–Crippen LogP) is 4.92. The van der Waals surface area contributed by atoms with Gasteiger partial charge in [-0.25, -0.2) is 0 Å². The predicted molar refractivity (Wildman–Crippen MR) is 87.7 cm³/mol. The maximum atomic E-state index is 6.07. The highest BCUT2D eigenvalue weighted by atomic mass is 35.5. The van der Waals surface area contributed by atoms with Gasteiger partial charge in [0.2, 0.25) is 0 Å². The minimum atomic E-state index is 0.133. The highest BCUT2D eigenvalue weighted by molar-refractivity contribution is 6.30. The molecule has 0 saturated carbocycles. The van der Waals surface area contributed by atoms with Gasteiger partial charge in [0.1, 0.15) is 11.5 Å². The number of benzene rings is 2. The second-order valence-electron chi connectivity index (χ2n) is 4.71. The summed E-state index contributed by atoms with van der Waals surface area (Å²) in [5.74, 6) is 1.66. The van der Waals surface area contributed by atoms with Crippen LogP contribution in [-0.4, -0.2) is 13.7 Å². The van der Waals surface area contributed by atoms with Gasteiger partial charge in [-0.2, -0.15) is 0 Å². The first-order valence-electron chi connectivity index (χ1n) is 6.97. The van der Waals surface area contributed by atoms with Gasteiger partial charge in [-0.1, -0.05) is 23.7 Å². The Hall–Kier alpha value is -1.87. The lowest BCUT2D eigenvalue weighted by atomic mass is 10.1. The summed E-state index contributed by atoms with van der Waals surface area (Å²) in [4.78, 5) is 0. The molecule has 0 bridgehead atoms. The van der Waals surface area contributed by atoms with E-state index in [2.05, 4.69) is 12.2 Å². The van der Waals surface area contributed by atoms with Gasteiger partial charge in [0, 0.05) is 11.1 Å². The Labute approximate surface area is 130 Å². The molecule has 1 atom stereocenters. The Kier molecular flexibility index (Phi) is 5.34. The van der Waals surface area contributed by atoms with Crippen molar-refractivity contribution < 1.29 is 9.47 Å². The zero-order chi connectivity index (χ0) is 15.2. The van der Waals surface area contributed by atoms with Crippen molar-refractivity contribution in [3.05, 3.63) is 53.1 Å². The number of hydrogen-bond donors (Lipinski definition) is 1. The van der Waals surface area contributed by atoms with Crippen LogP contribution in [0.5, 0.6) is 11.5 Å². The van der Waals surface area contributed by atoms with E-state index in [0.717, 1.165) is 17.2 Å². The maximum Gasteiger partial charge on any atom is 0.142 e. The number of anilines is 1. The van der Waals surface area contributed by atoms with E-state index < -0.39 is 0 Å². The zero-order valence-corrected chi connectivity index (χ0v) is 13.3. The molecule has 0 spiro atoms. The highest BCUT2D eigenvalue weighted by Gasteiger charge is 2.10. The lowest BCUT2D eigenvalue weighted by molar-refractivity contribution is 0.341. The molecule has 0 heterocycles. The molecule has 0 aliphatic carbocycles. The summed E-state index contributed by atoms with van der Waals surface area (Å²) in [6, 6.07) is 13.7. The van der Waals surface area contributed by atoms with Crippen LogP contribution >= 0.6 is 11.6 Å². The molecule has 21 heavy (non-hydrogen) atoms. The Bertz CT molecular complexity index is 584. The molecule has 0 aliphatic heterocycles. The molecule has 2 aromatic rings. The van der Waals surface area contributed by atoms with E-state index in [1.165, 1.54) is 5.56 Å². The average Bonchev–Trinajstić information content (AvgIpc) is 2.50. The Morgan fingerprint density at radius 1 is 1.14 bits per heavy atom. The van der Waals surface area contributed by atoms with Crippen molar-refractivity contribution in [2.45, 2.75) is 19.9 Å². The molecule has 0 fully saturated rings. The Morgan fingerprint density at radius 2 is 1.86 bits per heavy atom. The van der Waals surface area contributed by atoms with Crippen molar-refractivity contribution in [2.24, 2.45) is 0 Å². The van der Waals surface area contributed by atoms with Gasteiger partial charge in [-0.3, -0.25) is 0 Å². The second-order valence-corrected chi connectivity index (χ2v) is 5.15. The van der Waals surface area contributed by atoms with Crippen LogP contribution in [0.15, 0.2) is 42.5 Å². The highest BCUT2D eigenvalue weighted by Crippen LogP contribution is 2.31. The third-order valence-corrected chi connectivity index (χ3v) is 3.46. The van der Waals surface area contributed by atoms with E-state index in [-0.39, 0.29) is 6.04 Å². The lowest BCUT2D eigenvalue weighted by Crippen LogP contribution is -2.08. The molecule has 2 aromatic carbocycles. The van der Waals surface area contributed by atoms with Crippen molar-refractivity contribution >= 4 is 17.3 Å². The molecule has 0 aliphatic rings. The first-order chi connectivity index (χ1) is 10.1.